The van der Waals surface area contributed by atoms with Crippen molar-refractivity contribution in [3.8, 4) is 0 Å². The molecule has 0 aliphatic carbocycles. The Morgan fingerprint density at radius 2 is 1.96 bits per heavy atom. The molecule has 0 amide bonds. The predicted octanol–water partition coefficient (Wildman–Crippen LogP) is 2.20. The maximum atomic E-state index is 12.4. The molecule has 0 bridgehead atoms. The molecule has 1 N–H and O–H groups in total. The van der Waals surface area contributed by atoms with E-state index >= 15 is 0 Å². The number of hydrogen-bond donors (Lipinski definition) is 1. The normalized spacial score (nSPS) is 19.3. The fourth-order valence-electron chi connectivity index (χ4n) is 3.50. The van der Waals surface area contributed by atoms with E-state index in [0.717, 1.165) is 25.3 Å². The SMILES string of the molecule is C[C@@H]1CCCN(CCCCn2c(=O)[nH]c3ccccc3c2=O)C1. The van der Waals surface area contributed by atoms with E-state index in [-0.39, 0.29) is 11.2 Å². The van der Waals surface area contributed by atoms with Crippen LogP contribution in [0.2, 0.25) is 0 Å². The van der Waals surface area contributed by atoms with Crippen LogP contribution in [0.3, 0.4) is 0 Å². The van der Waals surface area contributed by atoms with E-state index in [1.807, 2.05) is 12.1 Å². The summed E-state index contributed by atoms with van der Waals surface area (Å²) in [6.07, 6.45) is 4.49. The van der Waals surface area contributed by atoms with Crippen LogP contribution in [0.5, 0.6) is 0 Å². The lowest BCUT2D eigenvalue weighted by atomic mass is 10.0. The van der Waals surface area contributed by atoms with E-state index in [0.29, 0.717) is 17.4 Å². The fraction of sp³-hybridized carbons (Fsp3) is 0.556. The molecule has 0 unspecified atom stereocenters. The van der Waals surface area contributed by atoms with E-state index in [2.05, 4.69) is 16.8 Å². The highest BCUT2D eigenvalue weighted by molar-refractivity contribution is 5.76. The molecule has 1 saturated heterocycles. The van der Waals surface area contributed by atoms with Gasteiger partial charge in [0.15, 0.2) is 0 Å². The molecule has 0 saturated carbocycles. The van der Waals surface area contributed by atoms with Gasteiger partial charge in [-0.1, -0.05) is 19.1 Å². The summed E-state index contributed by atoms with van der Waals surface area (Å²) in [4.78, 5) is 29.8. The van der Waals surface area contributed by atoms with Gasteiger partial charge in [0.1, 0.15) is 0 Å². The molecule has 0 radical (unpaired) electrons. The highest BCUT2D eigenvalue weighted by Gasteiger charge is 2.15. The Balaban J connectivity index is 1.61. The quantitative estimate of drug-likeness (QED) is 0.861. The van der Waals surface area contributed by atoms with Gasteiger partial charge in [0.05, 0.1) is 10.9 Å². The van der Waals surface area contributed by atoms with Crippen molar-refractivity contribution >= 4 is 10.9 Å². The zero-order valence-corrected chi connectivity index (χ0v) is 13.8. The van der Waals surface area contributed by atoms with Gasteiger partial charge in [-0.05, 0) is 56.8 Å². The lowest BCUT2D eigenvalue weighted by Gasteiger charge is -2.30. The van der Waals surface area contributed by atoms with Gasteiger partial charge in [0, 0.05) is 13.1 Å². The first-order chi connectivity index (χ1) is 11.1. The molecule has 5 nitrogen and oxygen atoms in total. The summed E-state index contributed by atoms with van der Waals surface area (Å²) in [6, 6.07) is 7.17. The molecule has 1 aliphatic heterocycles. The first-order valence-corrected chi connectivity index (χ1v) is 8.59. The zero-order valence-electron chi connectivity index (χ0n) is 13.8. The number of para-hydroxylation sites is 1. The number of aromatic amines is 1. The number of hydrogen-bond acceptors (Lipinski definition) is 3. The third kappa shape index (κ3) is 3.72. The minimum Gasteiger partial charge on any atom is -0.307 e. The number of nitrogens with one attached hydrogen (secondary N) is 1. The summed E-state index contributed by atoms with van der Waals surface area (Å²) >= 11 is 0. The average molecular weight is 315 g/mol. The van der Waals surface area contributed by atoms with Crippen LogP contribution >= 0.6 is 0 Å². The van der Waals surface area contributed by atoms with Crippen LogP contribution in [0, 0.1) is 5.92 Å². The van der Waals surface area contributed by atoms with Crippen LogP contribution in [0.25, 0.3) is 10.9 Å². The standard InChI is InChI=1S/C18H25N3O2/c1-14-7-6-11-20(13-14)10-4-5-12-21-17(22)15-8-2-3-9-16(15)19-18(21)23/h2-3,8-9,14H,4-7,10-13H2,1H3,(H,19,23)/t14-/m1/s1. The minimum absolute atomic E-state index is 0.184. The monoisotopic (exact) mass is 315 g/mol. The highest BCUT2D eigenvalue weighted by atomic mass is 16.2. The van der Waals surface area contributed by atoms with Gasteiger partial charge in [-0.2, -0.15) is 0 Å². The molecule has 1 atom stereocenters. The summed E-state index contributed by atoms with van der Waals surface area (Å²) in [5.41, 5.74) is 0.122. The molecule has 124 valence electrons. The van der Waals surface area contributed by atoms with Gasteiger partial charge < -0.3 is 9.88 Å². The molecule has 1 fully saturated rings. The summed E-state index contributed by atoms with van der Waals surface area (Å²) in [6.45, 7) is 6.21. The fourth-order valence-corrected chi connectivity index (χ4v) is 3.50. The van der Waals surface area contributed by atoms with E-state index in [9.17, 15) is 9.59 Å². The van der Waals surface area contributed by atoms with Gasteiger partial charge in [-0.3, -0.25) is 9.36 Å². The molecule has 23 heavy (non-hydrogen) atoms. The van der Waals surface area contributed by atoms with E-state index in [1.54, 1.807) is 12.1 Å². The zero-order chi connectivity index (χ0) is 16.2. The largest absolute Gasteiger partial charge is 0.328 e. The smallest absolute Gasteiger partial charge is 0.307 e. The Hall–Kier alpha value is -1.88. The molecule has 1 aromatic heterocycles. The summed E-state index contributed by atoms with van der Waals surface area (Å²) in [5, 5.41) is 0.581. The van der Waals surface area contributed by atoms with Crippen molar-refractivity contribution in [1.29, 1.82) is 0 Å². The second-order valence-corrected chi connectivity index (χ2v) is 6.69. The minimum atomic E-state index is -0.305. The summed E-state index contributed by atoms with van der Waals surface area (Å²) in [7, 11) is 0. The van der Waals surface area contributed by atoms with Gasteiger partial charge in [-0.25, -0.2) is 4.79 Å². The van der Waals surface area contributed by atoms with Gasteiger partial charge >= 0.3 is 5.69 Å². The highest BCUT2D eigenvalue weighted by Crippen LogP contribution is 2.15. The molecule has 2 heterocycles. The first kappa shape index (κ1) is 16.0. The van der Waals surface area contributed by atoms with Crippen LogP contribution in [0.4, 0.5) is 0 Å². The summed E-state index contributed by atoms with van der Waals surface area (Å²) in [5.74, 6) is 0.787. The lowest BCUT2D eigenvalue weighted by molar-refractivity contribution is 0.180. The molecule has 5 heteroatoms. The predicted molar refractivity (Wildman–Crippen MR) is 92.9 cm³/mol. The molecule has 1 aromatic carbocycles. The van der Waals surface area contributed by atoms with Gasteiger partial charge in [0.25, 0.3) is 5.56 Å². The van der Waals surface area contributed by atoms with E-state index < -0.39 is 0 Å². The number of aromatic nitrogens is 2. The van der Waals surface area contributed by atoms with Crippen molar-refractivity contribution in [3.63, 3.8) is 0 Å². The molecule has 1 aliphatic rings. The van der Waals surface area contributed by atoms with Crippen molar-refractivity contribution in [2.24, 2.45) is 5.92 Å². The third-order valence-electron chi connectivity index (χ3n) is 4.74. The van der Waals surface area contributed by atoms with Crippen molar-refractivity contribution < 1.29 is 0 Å². The van der Waals surface area contributed by atoms with Crippen molar-refractivity contribution in [2.75, 3.05) is 19.6 Å². The number of benzene rings is 1. The molecule has 2 aromatic rings. The Morgan fingerprint density at radius 3 is 2.78 bits per heavy atom. The van der Waals surface area contributed by atoms with Crippen molar-refractivity contribution in [1.82, 2.24) is 14.5 Å². The van der Waals surface area contributed by atoms with Crippen LogP contribution in [0.15, 0.2) is 33.9 Å². The Bertz CT molecular complexity index is 778. The second-order valence-electron chi connectivity index (χ2n) is 6.69. The number of nitrogens with zero attached hydrogens (tertiary/aromatic N) is 2. The van der Waals surface area contributed by atoms with Crippen molar-refractivity contribution in [3.05, 3.63) is 45.1 Å². The topological polar surface area (TPSA) is 58.1 Å². The number of H-pyrrole nitrogens is 1. The summed E-state index contributed by atoms with van der Waals surface area (Å²) < 4.78 is 1.33. The number of rotatable bonds is 5. The maximum absolute atomic E-state index is 12.4. The Kier molecular flexibility index (Phi) is 4.96. The van der Waals surface area contributed by atoms with E-state index in [1.165, 1.54) is 30.5 Å². The van der Waals surface area contributed by atoms with Crippen molar-refractivity contribution in [2.45, 2.75) is 39.2 Å². The van der Waals surface area contributed by atoms with Crippen LogP contribution in [0.1, 0.15) is 32.6 Å². The molecule has 3 rings (SSSR count). The van der Waals surface area contributed by atoms with Crippen LogP contribution in [-0.4, -0.2) is 34.1 Å². The van der Waals surface area contributed by atoms with E-state index in [4.69, 9.17) is 0 Å². The first-order valence-electron chi connectivity index (χ1n) is 8.59. The Morgan fingerprint density at radius 1 is 1.17 bits per heavy atom. The lowest BCUT2D eigenvalue weighted by Crippen LogP contribution is -2.36. The number of unbranched alkanes of at least 4 members (excludes halogenated alkanes) is 1. The number of likely N-dealkylation sites (tertiary alicyclic amines) is 1. The second kappa shape index (κ2) is 7.13. The molecule has 0 spiro atoms. The third-order valence-corrected chi connectivity index (χ3v) is 4.74. The molecular weight excluding hydrogens is 290 g/mol. The average Bonchev–Trinajstić information content (AvgIpc) is 2.54. The maximum Gasteiger partial charge on any atom is 0.328 e. The van der Waals surface area contributed by atoms with Gasteiger partial charge in [0.2, 0.25) is 0 Å². The van der Waals surface area contributed by atoms with Gasteiger partial charge in [-0.15, -0.1) is 0 Å². The Labute approximate surface area is 135 Å². The molecular formula is C18H25N3O2. The number of piperidine rings is 1. The van der Waals surface area contributed by atoms with Crippen LogP contribution in [-0.2, 0) is 6.54 Å². The number of fused-ring (bicyclic) bond motifs is 1. The van der Waals surface area contributed by atoms with Crippen LogP contribution < -0.4 is 11.2 Å².